The lowest BCUT2D eigenvalue weighted by Crippen LogP contribution is -1.93. The minimum Gasteiger partial charge on any atom is -0.381 e. The lowest BCUT2D eigenvalue weighted by Gasteiger charge is -2.05. The van der Waals surface area contributed by atoms with Crippen LogP contribution in [0.3, 0.4) is 0 Å². The van der Waals surface area contributed by atoms with Gasteiger partial charge in [0, 0.05) is 15.6 Å². The number of aromatic nitrogens is 1. The topological polar surface area (TPSA) is 52.0 Å². The summed E-state index contributed by atoms with van der Waals surface area (Å²) < 4.78 is 6.42. The van der Waals surface area contributed by atoms with Crippen LogP contribution in [0.25, 0.3) is 11.3 Å². The van der Waals surface area contributed by atoms with Crippen molar-refractivity contribution in [1.82, 2.24) is 5.16 Å². The zero-order valence-electron chi connectivity index (χ0n) is 9.96. The summed E-state index contributed by atoms with van der Waals surface area (Å²) in [5.41, 5.74) is 9.05. The SMILES string of the molecule is CCCc1c(N)noc1-c1ccc(Br)cc1C. The number of nitrogens with zero attached hydrogens (tertiary/aromatic N) is 1. The molecule has 1 aromatic heterocycles. The maximum Gasteiger partial charge on any atom is 0.172 e. The Kier molecular flexibility index (Phi) is 3.52. The first kappa shape index (κ1) is 12.2. The second-order valence-electron chi connectivity index (χ2n) is 4.08. The van der Waals surface area contributed by atoms with Gasteiger partial charge in [0.05, 0.1) is 0 Å². The van der Waals surface area contributed by atoms with E-state index >= 15 is 0 Å². The summed E-state index contributed by atoms with van der Waals surface area (Å²) in [5.74, 6) is 1.30. The highest BCUT2D eigenvalue weighted by Crippen LogP contribution is 2.32. The van der Waals surface area contributed by atoms with Gasteiger partial charge in [-0.15, -0.1) is 0 Å². The van der Waals surface area contributed by atoms with Crippen LogP contribution < -0.4 is 5.73 Å². The second-order valence-corrected chi connectivity index (χ2v) is 5.00. The van der Waals surface area contributed by atoms with Gasteiger partial charge in [-0.3, -0.25) is 0 Å². The van der Waals surface area contributed by atoms with Gasteiger partial charge in [0.15, 0.2) is 11.6 Å². The van der Waals surface area contributed by atoms with Crippen LogP contribution in [0.2, 0.25) is 0 Å². The maximum atomic E-state index is 5.83. The van der Waals surface area contributed by atoms with Gasteiger partial charge in [-0.2, -0.15) is 0 Å². The van der Waals surface area contributed by atoms with Gasteiger partial charge in [0.25, 0.3) is 0 Å². The first-order valence-corrected chi connectivity index (χ1v) is 6.43. The van der Waals surface area contributed by atoms with Gasteiger partial charge in [-0.1, -0.05) is 34.4 Å². The van der Waals surface area contributed by atoms with Crippen LogP contribution in [0.15, 0.2) is 27.2 Å². The molecular weight excluding hydrogens is 280 g/mol. The fourth-order valence-electron chi connectivity index (χ4n) is 1.91. The van der Waals surface area contributed by atoms with E-state index in [1.807, 2.05) is 12.1 Å². The van der Waals surface area contributed by atoms with E-state index in [4.69, 9.17) is 10.3 Å². The third kappa shape index (κ3) is 2.36. The van der Waals surface area contributed by atoms with Crippen LogP contribution in [0.1, 0.15) is 24.5 Å². The van der Waals surface area contributed by atoms with Gasteiger partial charge in [-0.05, 0) is 37.1 Å². The van der Waals surface area contributed by atoms with E-state index in [2.05, 4.69) is 41.0 Å². The van der Waals surface area contributed by atoms with Gasteiger partial charge in [0.2, 0.25) is 0 Å². The number of hydrogen-bond acceptors (Lipinski definition) is 3. The van der Waals surface area contributed by atoms with E-state index in [1.54, 1.807) is 0 Å². The maximum absolute atomic E-state index is 5.83. The molecule has 2 N–H and O–H groups in total. The smallest absolute Gasteiger partial charge is 0.172 e. The summed E-state index contributed by atoms with van der Waals surface area (Å²) in [5, 5.41) is 3.87. The summed E-state index contributed by atoms with van der Waals surface area (Å²) in [4.78, 5) is 0. The predicted octanol–water partition coefficient (Wildman–Crippen LogP) is 3.95. The molecule has 0 aliphatic carbocycles. The molecule has 0 saturated carbocycles. The van der Waals surface area contributed by atoms with Crippen molar-refractivity contribution in [2.75, 3.05) is 5.73 Å². The summed E-state index contributed by atoms with van der Waals surface area (Å²) in [6.45, 7) is 4.17. The lowest BCUT2D eigenvalue weighted by molar-refractivity contribution is 0.434. The highest BCUT2D eigenvalue weighted by atomic mass is 79.9. The molecule has 0 unspecified atom stereocenters. The quantitative estimate of drug-likeness (QED) is 0.932. The Morgan fingerprint density at radius 3 is 2.82 bits per heavy atom. The van der Waals surface area contributed by atoms with Crippen molar-refractivity contribution in [2.45, 2.75) is 26.7 Å². The molecule has 1 heterocycles. The fraction of sp³-hybridized carbons (Fsp3) is 0.308. The van der Waals surface area contributed by atoms with Crippen LogP contribution >= 0.6 is 15.9 Å². The zero-order valence-corrected chi connectivity index (χ0v) is 11.5. The number of hydrogen-bond donors (Lipinski definition) is 1. The third-order valence-corrected chi connectivity index (χ3v) is 3.24. The highest BCUT2D eigenvalue weighted by Gasteiger charge is 2.16. The largest absolute Gasteiger partial charge is 0.381 e. The number of nitrogens with two attached hydrogens (primary N) is 1. The molecule has 0 aliphatic heterocycles. The molecule has 0 amide bonds. The Labute approximate surface area is 109 Å². The number of benzene rings is 1. The Morgan fingerprint density at radius 1 is 1.41 bits per heavy atom. The second kappa shape index (κ2) is 4.92. The van der Waals surface area contributed by atoms with Crippen LogP contribution in [0.4, 0.5) is 5.82 Å². The number of rotatable bonds is 3. The lowest BCUT2D eigenvalue weighted by atomic mass is 10.0. The van der Waals surface area contributed by atoms with Crippen LogP contribution in [0, 0.1) is 6.92 Å². The van der Waals surface area contributed by atoms with Crippen molar-refractivity contribution >= 4 is 21.7 Å². The standard InChI is InChI=1S/C13H15BrN2O/c1-3-4-11-12(17-16-13(11)15)10-6-5-9(14)7-8(10)2/h5-7H,3-4H2,1-2H3,(H2,15,16). The monoisotopic (exact) mass is 294 g/mol. The zero-order chi connectivity index (χ0) is 12.4. The van der Waals surface area contributed by atoms with Crippen LogP contribution in [-0.4, -0.2) is 5.16 Å². The first-order chi connectivity index (χ1) is 8.13. The Hall–Kier alpha value is -1.29. The molecule has 2 rings (SSSR count). The fourth-order valence-corrected chi connectivity index (χ4v) is 2.38. The van der Waals surface area contributed by atoms with Gasteiger partial charge in [0.1, 0.15) is 0 Å². The predicted molar refractivity (Wildman–Crippen MR) is 72.8 cm³/mol. The van der Waals surface area contributed by atoms with E-state index in [9.17, 15) is 0 Å². The Bertz CT molecular complexity index is 534. The van der Waals surface area contributed by atoms with E-state index in [0.717, 1.165) is 39.8 Å². The Morgan fingerprint density at radius 2 is 2.18 bits per heavy atom. The molecule has 0 radical (unpaired) electrons. The van der Waals surface area contributed by atoms with Gasteiger partial charge in [-0.25, -0.2) is 0 Å². The van der Waals surface area contributed by atoms with Crippen molar-refractivity contribution in [3.63, 3.8) is 0 Å². The molecule has 3 nitrogen and oxygen atoms in total. The van der Waals surface area contributed by atoms with Crippen molar-refractivity contribution < 1.29 is 4.52 Å². The van der Waals surface area contributed by atoms with E-state index in [1.165, 1.54) is 0 Å². The van der Waals surface area contributed by atoms with E-state index < -0.39 is 0 Å². The van der Waals surface area contributed by atoms with Crippen molar-refractivity contribution in [3.05, 3.63) is 33.8 Å². The molecule has 0 bridgehead atoms. The normalized spacial score (nSPS) is 10.8. The Balaban J connectivity index is 2.52. The van der Waals surface area contributed by atoms with E-state index in [-0.39, 0.29) is 0 Å². The first-order valence-electron chi connectivity index (χ1n) is 5.64. The molecule has 0 aliphatic rings. The van der Waals surface area contributed by atoms with Crippen molar-refractivity contribution in [1.29, 1.82) is 0 Å². The third-order valence-electron chi connectivity index (χ3n) is 2.75. The number of anilines is 1. The van der Waals surface area contributed by atoms with Crippen molar-refractivity contribution in [2.24, 2.45) is 0 Å². The summed E-state index contributed by atoms with van der Waals surface area (Å²) in [6, 6.07) is 6.08. The average Bonchev–Trinajstić information content (AvgIpc) is 2.62. The van der Waals surface area contributed by atoms with E-state index in [0.29, 0.717) is 5.82 Å². The number of aryl methyl sites for hydroxylation is 1. The van der Waals surface area contributed by atoms with Gasteiger partial charge < -0.3 is 10.3 Å². The average molecular weight is 295 g/mol. The molecule has 1 aromatic carbocycles. The minimum atomic E-state index is 0.504. The summed E-state index contributed by atoms with van der Waals surface area (Å²) in [6.07, 6.45) is 1.91. The van der Waals surface area contributed by atoms with Crippen LogP contribution in [-0.2, 0) is 6.42 Å². The molecule has 0 saturated heterocycles. The molecular formula is C13H15BrN2O. The number of nitrogen functional groups attached to an aromatic ring is 1. The molecule has 4 heteroatoms. The molecule has 90 valence electrons. The molecule has 0 fully saturated rings. The van der Waals surface area contributed by atoms with Crippen molar-refractivity contribution in [3.8, 4) is 11.3 Å². The molecule has 17 heavy (non-hydrogen) atoms. The molecule has 0 spiro atoms. The summed E-state index contributed by atoms with van der Waals surface area (Å²) >= 11 is 3.45. The number of halogens is 1. The molecule has 0 atom stereocenters. The molecule has 2 aromatic rings. The summed E-state index contributed by atoms with van der Waals surface area (Å²) in [7, 11) is 0. The van der Waals surface area contributed by atoms with Crippen LogP contribution in [0.5, 0.6) is 0 Å². The minimum absolute atomic E-state index is 0.504. The van der Waals surface area contributed by atoms with Gasteiger partial charge >= 0.3 is 0 Å². The highest BCUT2D eigenvalue weighted by molar-refractivity contribution is 9.10.